The Balaban J connectivity index is 2.52. The molecular formula is C13H27NO2. The Hall–Kier alpha value is -0.120. The van der Waals surface area contributed by atoms with Crippen molar-refractivity contribution in [2.75, 3.05) is 26.2 Å². The molecule has 0 aromatic rings. The predicted octanol–water partition coefficient (Wildman–Crippen LogP) is 1.89. The summed E-state index contributed by atoms with van der Waals surface area (Å²) < 4.78 is 5.81. The Bertz CT molecular complexity index is 202. The third-order valence-corrected chi connectivity index (χ3v) is 3.43. The van der Waals surface area contributed by atoms with E-state index in [2.05, 4.69) is 32.6 Å². The first-order valence-corrected chi connectivity index (χ1v) is 6.51. The largest absolute Gasteiger partial charge is 0.394 e. The summed E-state index contributed by atoms with van der Waals surface area (Å²) in [5, 5.41) is 9.24. The zero-order chi connectivity index (χ0) is 12.2. The highest BCUT2D eigenvalue weighted by atomic mass is 16.5. The molecule has 0 aliphatic carbocycles. The predicted molar refractivity (Wildman–Crippen MR) is 66.5 cm³/mol. The molecule has 0 amide bonds. The van der Waals surface area contributed by atoms with Gasteiger partial charge in [0, 0.05) is 19.6 Å². The molecular weight excluding hydrogens is 202 g/mol. The average Bonchev–Trinajstić information content (AvgIpc) is 2.23. The first-order chi connectivity index (χ1) is 7.50. The van der Waals surface area contributed by atoms with E-state index in [1.165, 1.54) is 12.8 Å². The number of aliphatic hydroxyl groups excluding tert-OH is 1. The van der Waals surface area contributed by atoms with Gasteiger partial charge in [-0.1, -0.05) is 26.7 Å². The molecule has 3 nitrogen and oxygen atoms in total. The maximum atomic E-state index is 9.24. The molecule has 0 saturated carbocycles. The van der Waals surface area contributed by atoms with Gasteiger partial charge >= 0.3 is 0 Å². The van der Waals surface area contributed by atoms with Crippen molar-refractivity contribution in [3.05, 3.63) is 0 Å². The fourth-order valence-corrected chi connectivity index (χ4v) is 2.56. The number of nitrogens with zero attached hydrogens (tertiary/aromatic N) is 1. The molecule has 0 aromatic carbocycles. The van der Waals surface area contributed by atoms with E-state index in [1.807, 2.05) is 0 Å². The molecule has 3 heteroatoms. The van der Waals surface area contributed by atoms with Crippen LogP contribution in [0, 0.1) is 5.92 Å². The van der Waals surface area contributed by atoms with Gasteiger partial charge in [0.05, 0.1) is 18.3 Å². The summed E-state index contributed by atoms with van der Waals surface area (Å²) in [5.41, 5.74) is -0.127. The summed E-state index contributed by atoms with van der Waals surface area (Å²) in [4.78, 5) is 2.45. The van der Waals surface area contributed by atoms with Crippen LogP contribution in [0.15, 0.2) is 0 Å². The van der Waals surface area contributed by atoms with Crippen LogP contribution >= 0.6 is 0 Å². The van der Waals surface area contributed by atoms with Gasteiger partial charge in [-0.2, -0.15) is 0 Å². The molecule has 1 rings (SSSR count). The molecule has 0 spiro atoms. The van der Waals surface area contributed by atoms with E-state index in [0.717, 1.165) is 25.6 Å². The second-order valence-electron chi connectivity index (χ2n) is 5.56. The number of rotatable bonds is 5. The van der Waals surface area contributed by atoms with Crippen molar-refractivity contribution in [1.82, 2.24) is 4.90 Å². The summed E-state index contributed by atoms with van der Waals surface area (Å²) in [6.07, 6.45) is 2.45. The summed E-state index contributed by atoms with van der Waals surface area (Å²) in [6, 6.07) is 0. The van der Waals surface area contributed by atoms with Gasteiger partial charge in [-0.15, -0.1) is 0 Å². The number of aliphatic hydroxyl groups is 1. The lowest BCUT2D eigenvalue weighted by Gasteiger charge is -2.43. The topological polar surface area (TPSA) is 32.7 Å². The second kappa shape index (κ2) is 5.99. The lowest BCUT2D eigenvalue weighted by Crippen LogP contribution is -2.54. The Morgan fingerprint density at radius 1 is 1.38 bits per heavy atom. The van der Waals surface area contributed by atoms with Gasteiger partial charge < -0.3 is 9.84 Å². The van der Waals surface area contributed by atoms with Crippen LogP contribution in [0.1, 0.15) is 40.5 Å². The Labute approximate surface area is 99.8 Å². The van der Waals surface area contributed by atoms with E-state index < -0.39 is 0 Å². The van der Waals surface area contributed by atoms with Crippen LogP contribution in [0.25, 0.3) is 0 Å². The highest BCUT2D eigenvalue weighted by Crippen LogP contribution is 2.22. The molecule has 1 aliphatic heterocycles. The molecule has 16 heavy (non-hydrogen) atoms. The van der Waals surface area contributed by atoms with Crippen molar-refractivity contribution in [3.8, 4) is 0 Å². The van der Waals surface area contributed by atoms with E-state index in [4.69, 9.17) is 4.74 Å². The Morgan fingerprint density at radius 3 is 2.50 bits per heavy atom. The summed E-state index contributed by atoms with van der Waals surface area (Å²) in [7, 11) is 0. The van der Waals surface area contributed by atoms with Crippen molar-refractivity contribution in [2.24, 2.45) is 5.92 Å². The lowest BCUT2D eigenvalue weighted by atomic mass is 9.99. The van der Waals surface area contributed by atoms with Gasteiger partial charge in [-0.3, -0.25) is 4.90 Å². The highest BCUT2D eigenvalue weighted by Gasteiger charge is 2.33. The average molecular weight is 229 g/mol. The SMILES string of the molecule is CCC(CC)CN1CC(CO)OC(C)(C)C1. The Kier molecular flexibility index (Phi) is 5.22. The normalized spacial score (nSPS) is 26.2. The van der Waals surface area contributed by atoms with Crippen molar-refractivity contribution < 1.29 is 9.84 Å². The van der Waals surface area contributed by atoms with Gasteiger partial charge in [0.25, 0.3) is 0 Å². The standard InChI is InChI=1S/C13H27NO2/c1-5-11(6-2)7-14-8-12(9-15)16-13(3,4)10-14/h11-12,15H,5-10H2,1-4H3. The molecule has 0 aromatic heterocycles. The third kappa shape index (κ3) is 4.04. The zero-order valence-electron chi connectivity index (χ0n) is 11.2. The van der Waals surface area contributed by atoms with Crippen LogP contribution in [-0.4, -0.2) is 48.0 Å². The molecule has 1 N–H and O–H groups in total. The monoisotopic (exact) mass is 229 g/mol. The first-order valence-electron chi connectivity index (χ1n) is 6.51. The van der Waals surface area contributed by atoms with Crippen molar-refractivity contribution in [1.29, 1.82) is 0 Å². The minimum absolute atomic E-state index is 0.0156. The number of hydrogen-bond donors (Lipinski definition) is 1. The van der Waals surface area contributed by atoms with Gasteiger partial charge in [-0.05, 0) is 19.8 Å². The van der Waals surface area contributed by atoms with Crippen molar-refractivity contribution in [3.63, 3.8) is 0 Å². The van der Waals surface area contributed by atoms with Crippen LogP contribution < -0.4 is 0 Å². The van der Waals surface area contributed by atoms with Crippen LogP contribution in [0.4, 0.5) is 0 Å². The van der Waals surface area contributed by atoms with Crippen LogP contribution in [0.5, 0.6) is 0 Å². The van der Waals surface area contributed by atoms with E-state index >= 15 is 0 Å². The molecule has 0 radical (unpaired) electrons. The minimum Gasteiger partial charge on any atom is -0.394 e. The van der Waals surface area contributed by atoms with Crippen molar-refractivity contribution >= 4 is 0 Å². The van der Waals surface area contributed by atoms with Crippen LogP contribution in [-0.2, 0) is 4.74 Å². The minimum atomic E-state index is -0.127. The van der Waals surface area contributed by atoms with Gasteiger partial charge in [0.2, 0.25) is 0 Å². The van der Waals surface area contributed by atoms with E-state index in [-0.39, 0.29) is 18.3 Å². The summed E-state index contributed by atoms with van der Waals surface area (Å²) in [6.45, 7) is 11.8. The maximum absolute atomic E-state index is 9.24. The third-order valence-electron chi connectivity index (χ3n) is 3.43. The van der Waals surface area contributed by atoms with Crippen LogP contribution in [0.3, 0.4) is 0 Å². The lowest BCUT2D eigenvalue weighted by molar-refractivity contribution is -0.150. The van der Waals surface area contributed by atoms with Crippen molar-refractivity contribution in [2.45, 2.75) is 52.2 Å². The number of ether oxygens (including phenoxy) is 1. The number of hydrogen-bond acceptors (Lipinski definition) is 3. The molecule has 1 atom stereocenters. The number of morpholine rings is 1. The van der Waals surface area contributed by atoms with Gasteiger partial charge in [0.15, 0.2) is 0 Å². The fourth-order valence-electron chi connectivity index (χ4n) is 2.56. The molecule has 96 valence electrons. The molecule has 1 saturated heterocycles. The van der Waals surface area contributed by atoms with E-state index in [1.54, 1.807) is 0 Å². The van der Waals surface area contributed by atoms with Gasteiger partial charge in [-0.25, -0.2) is 0 Å². The summed E-state index contributed by atoms with van der Waals surface area (Å²) >= 11 is 0. The maximum Gasteiger partial charge on any atom is 0.0940 e. The molecule has 1 heterocycles. The smallest absolute Gasteiger partial charge is 0.0940 e. The van der Waals surface area contributed by atoms with E-state index in [0.29, 0.717) is 0 Å². The zero-order valence-corrected chi connectivity index (χ0v) is 11.2. The second-order valence-corrected chi connectivity index (χ2v) is 5.56. The molecule has 1 unspecified atom stereocenters. The van der Waals surface area contributed by atoms with Gasteiger partial charge in [0.1, 0.15) is 0 Å². The highest BCUT2D eigenvalue weighted by molar-refractivity contribution is 4.84. The van der Waals surface area contributed by atoms with E-state index in [9.17, 15) is 5.11 Å². The summed E-state index contributed by atoms with van der Waals surface area (Å²) in [5.74, 6) is 0.772. The Morgan fingerprint density at radius 2 is 2.00 bits per heavy atom. The molecule has 0 bridgehead atoms. The fraction of sp³-hybridized carbons (Fsp3) is 1.00. The van der Waals surface area contributed by atoms with Crippen LogP contribution in [0.2, 0.25) is 0 Å². The quantitative estimate of drug-likeness (QED) is 0.781. The molecule has 1 aliphatic rings. The first kappa shape index (κ1) is 13.9. The molecule has 1 fully saturated rings.